The molecule has 0 saturated carbocycles. The van der Waals surface area contributed by atoms with Gasteiger partial charge in [-0.25, -0.2) is 4.98 Å². The topological polar surface area (TPSA) is 38.5 Å². The minimum Gasteiger partial charge on any atom is -0.497 e. The number of hydrogen-bond acceptors (Lipinski definition) is 4. The van der Waals surface area contributed by atoms with Gasteiger partial charge < -0.3 is 14.1 Å². The Hall–Kier alpha value is -2.75. The molecule has 0 bridgehead atoms. The fourth-order valence-electron chi connectivity index (χ4n) is 2.65. The van der Waals surface area contributed by atoms with Crippen LogP contribution in [0.15, 0.2) is 59.2 Å². The summed E-state index contributed by atoms with van der Waals surface area (Å²) < 4.78 is 10.8. The molecule has 0 spiro atoms. The first-order valence-electron chi connectivity index (χ1n) is 8.10. The molecule has 0 aliphatic carbocycles. The zero-order valence-electron chi connectivity index (χ0n) is 14.3. The van der Waals surface area contributed by atoms with E-state index in [1.54, 1.807) is 13.4 Å². The highest BCUT2D eigenvalue weighted by atomic mass is 16.5. The van der Waals surface area contributed by atoms with Crippen LogP contribution in [0.3, 0.4) is 0 Å². The quantitative estimate of drug-likeness (QED) is 0.660. The molecule has 0 N–H and O–H groups in total. The van der Waals surface area contributed by atoms with Crippen LogP contribution in [-0.4, -0.2) is 18.6 Å². The SMILES string of the molecule is CCN(Cc1coc(-c2ccc(OC)cc2)n1)c1cccc(C)c1. The molecule has 0 saturated heterocycles. The molecule has 0 amide bonds. The Morgan fingerprint density at radius 2 is 1.92 bits per heavy atom. The van der Waals surface area contributed by atoms with E-state index in [4.69, 9.17) is 9.15 Å². The van der Waals surface area contributed by atoms with Crippen LogP contribution >= 0.6 is 0 Å². The lowest BCUT2D eigenvalue weighted by Crippen LogP contribution is -2.22. The predicted molar refractivity (Wildman–Crippen MR) is 96.4 cm³/mol. The van der Waals surface area contributed by atoms with Gasteiger partial charge in [-0.05, 0) is 55.8 Å². The van der Waals surface area contributed by atoms with E-state index in [9.17, 15) is 0 Å². The summed E-state index contributed by atoms with van der Waals surface area (Å²) in [4.78, 5) is 6.90. The summed E-state index contributed by atoms with van der Waals surface area (Å²) in [5, 5.41) is 0. The standard InChI is InChI=1S/C20H22N2O2/c1-4-22(18-7-5-6-15(2)12-18)13-17-14-24-20(21-17)16-8-10-19(23-3)11-9-16/h5-12,14H,4,13H2,1-3H3. The van der Waals surface area contributed by atoms with Crippen molar-refractivity contribution in [3.63, 3.8) is 0 Å². The zero-order valence-corrected chi connectivity index (χ0v) is 14.3. The summed E-state index contributed by atoms with van der Waals surface area (Å²) in [6, 6.07) is 16.2. The van der Waals surface area contributed by atoms with Gasteiger partial charge in [0.25, 0.3) is 0 Å². The highest BCUT2D eigenvalue weighted by Crippen LogP contribution is 2.23. The van der Waals surface area contributed by atoms with E-state index in [1.165, 1.54) is 11.3 Å². The van der Waals surface area contributed by atoms with Crippen LogP contribution in [-0.2, 0) is 6.54 Å². The number of oxazole rings is 1. The number of anilines is 1. The van der Waals surface area contributed by atoms with Gasteiger partial charge in [-0.1, -0.05) is 12.1 Å². The normalized spacial score (nSPS) is 10.6. The molecule has 3 rings (SSSR count). The van der Waals surface area contributed by atoms with E-state index in [0.29, 0.717) is 5.89 Å². The maximum absolute atomic E-state index is 5.65. The number of aromatic nitrogens is 1. The van der Waals surface area contributed by atoms with E-state index in [0.717, 1.165) is 30.1 Å². The maximum atomic E-state index is 5.65. The predicted octanol–water partition coefficient (Wildman–Crippen LogP) is 4.69. The third-order valence-electron chi connectivity index (χ3n) is 3.99. The Kier molecular flexibility index (Phi) is 4.85. The van der Waals surface area contributed by atoms with Gasteiger partial charge in [0.1, 0.15) is 12.0 Å². The van der Waals surface area contributed by atoms with Crippen molar-refractivity contribution in [2.75, 3.05) is 18.6 Å². The fraction of sp³-hybridized carbons (Fsp3) is 0.250. The second kappa shape index (κ2) is 7.21. The average molecular weight is 322 g/mol. The van der Waals surface area contributed by atoms with Crippen molar-refractivity contribution in [1.82, 2.24) is 4.98 Å². The molecule has 0 aliphatic heterocycles. The largest absolute Gasteiger partial charge is 0.497 e. The van der Waals surface area contributed by atoms with Crippen LogP contribution in [0, 0.1) is 6.92 Å². The van der Waals surface area contributed by atoms with E-state index in [1.807, 2.05) is 24.3 Å². The molecule has 0 unspecified atom stereocenters. The van der Waals surface area contributed by atoms with Crippen LogP contribution in [0.1, 0.15) is 18.2 Å². The monoisotopic (exact) mass is 322 g/mol. The molecule has 0 aliphatic rings. The maximum Gasteiger partial charge on any atom is 0.226 e. The third-order valence-corrected chi connectivity index (χ3v) is 3.99. The lowest BCUT2D eigenvalue weighted by atomic mass is 10.2. The minimum absolute atomic E-state index is 0.632. The molecular weight excluding hydrogens is 300 g/mol. The zero-order chi connectivity index (χ0) is 16.9. The van der Waals surface area contributed by atoms with Crippen LogP contribution < -0.4 is 9.64 Å². The van der Waals surface area contributed by atoms with Gasteiger partial charge in [0.05, 0.1) is 19.3 Å². The highest BCUT2D eigenvalue weighted by Gasteiger charge is 2.11. The first kappa shape index (κ1) is 16.1. The van der Waals surface area contributed by atoms with Crippen molar-refractivity contribution in [2.24, 2.45) is 0 Å². The highest BCUT2D eigenvalue weighted by molar-refractivity contribution is 5.55. The number of nitrogens with zero attached hydrogens (tertiary/aromatic N) is 2. The van der Waals surface area contributed by atoms with Gasteiger partial charge in [-0.2, -0.15) is 0 Å². The lowest BCUT2D eigenvalue weighted by molar-refractivity contribution is 0.415. The summed E-state index contributed by atoms with van der Waals surface area (Å²) in [5.74, 6) is 1.45. The van der Waals surface area contributed by atoms with Gasteiger partial charge in [0.2, 0.25) is 5.89 Å². The van der Waals surface area contributed by atoms with Crippen molar-refractivity contribution in [3.05, 3.63) is 66.1 Å². The average Bonchev–Trinajstić information content (AvgIpc) is 3.08. The number of methoxy groups -OCH3 is 1. The Morgan fingerprint density at radius 1 is 1.12 bits per heavy atom. The lowest BCUT2D eigenvalue weighted by Gasteiger charge is -2.22. The van der Waals surface area contributed by atoms with Crippen LogP contribution in [0.25, 0.3) is 11.5 Å². The second-order valence-electron chi connectivity index (χ2n) is 5.73. The van der Waals surface area contributed by atoms with Crippen molar-refractivity contribution >= 4 is 5.69 Å². The first-order chi connectivity index (χ1) is 11.7. The molecule has 24 heavy (non-hydrogen) atoms. The molecule has 2 aromatic carbocycles. The molecule has 124 valence electrons. The van der Waals surface area contributed by atoms with Gasteiger partial charge in [0.15, 0.2) is 0 Å². The molecule has 1 aromatic heterocycles. The van der Waals surface area contributed by atoms with Crippen LogP contribution in [0.2, 0.25) is 0 Å². The second-order valence-corrected chi connectivity index (χ2v) is 5.73. The van der Waals surface area contributed by atoms with E-state index >= 15 is 0 Å². The molecule has 0 radical (unpaired) electrons. The summed E-state index contributed by atoms with van der Waals surface area (Å²) in [7, 11) is 1.66. The van der Waals surface area contributed by atoms with Crippen molar-refractivity contribution in [3.8, 4) is 17.2 Å². The van der Waals surface area contributed by atoms with Crippen LogP contribution in [0.5, 0.6) is 5.75 Å². The molecular formula is C20H22N2O2. The fourth-order valence-corrected chi connectivity index (χ4v) is 2.65. The summed E-state index contributed by atoms with van der Waals surface area (Å²) in [6.45, 7) is 5.88. The smallest absolute Gasteiger partial charge is 0.226 e. The Bertz CT molecular complexity index is 793. The van der Waals surface area contributed by atoms with Crippen molar-refractivity contribution in [2.45, 2.75) is 20.4 Å². The number of hydrogen-bond donors (Lipinski definition) is 0. The van der Waals surface area contributed by atoms with Gasteiger partial charge in [-0.3, -0.25) is 0 Å². The molecule has 4 nitrogen and oxygen atoms in total. The van der Waals surface area contributed by atoms with E-state index < -0.39 is 0 Å². The summed E-state index contributed by atoms with van der Waals surface area (Å²) in [5.41, 5.74) is 4.32. The van der Waals surface area contributed by atoms with Crippen molar-refractivity contribution < 1.29 is 9.15 Å². The number of rotatable bonds is 6. The van der Waals surface area contributed by atoms with Crippen LogP contribution in [0.4, 0.5) is 5.69 Å². The summed E-state index contributed by atoms with van der Waals surface area (Å²) in [6.07, 6.45) is 1.73. The number of aryl methyl sites for hydroxylation is 1. The molecule has 0 atom stereocenters. The molecule has 3 aromatic rings. The Morgan fingerprint density at radius 3 is 2.58 bits per heavy atom. The molecule has 1 heterocycles. The number of ether oxygens (including phenoxy) is 1. The van der Waals surface area contributed by atoms with E-state index in [-0.39, 0.29) is 0 Å². The Labute approximate surface area is 142 Å². The van der Waals surface area contributed by atoms with E-state index in [2.05, 4.69) is 48.0 Å². The third kappa shape index (κ3) is 3.59. The Balaban J connectivity index is 1.77. The number of benzene rings is 2. The van der Waals surface area contributed by atoms with Gasteiger partial charge in [-0.15, -0.1) is 0 Å². The first-order valence-corrected chi connectivity index (χ1v) is 8.10. The summed E-state index contributed by atoms with van der Waals surface area (Å²) >= 11 is 0. The molecule has 0 fully saturated rings. The van der Waals surface area contributed by atoms with Gasteiger partial charge >= 0.3 is 0 Å². The van der Waals surface area contributed by atoms with Gasteiger partial charge in [0, 0.05) is 17.8 Å². The minimum atomic E-state index is 0.632. The van der Waals surface area contributed by atoms with Crippen molar-refractivity contribution in [1.29, 1.82) is 0 Å². The molecule has 4 heteroatoms.